The smallest absolute Gasteiger partial charge is 0.312 e. The Bertz CT molecular complexity index is 255. The third kappa shape index (κ3) is 1.65. The summed E-state index contributed by atoms with van der Waals surface area (Å²) < 4.78 is 0. The predicted octanol–water partition coefficient (Wildman–Crippen LogP) is 2.04. The van der Waals surface area contributed by atoms with Crippen molar-refractivity contribution in [1.29, 1.82) is 0 Å². The molecule has 1 unspecified atom stereocenters. The lowest BCUT2D eigenvalue weighted by atomic mass is 9.72. The van der Waals surface area contributed by atoms with Gasteiger partial charge in [-0.25, -0.2) is 0 Å². The van der Waals surface area contributed by atoms with E-state index in [1.165, 1.54) is 0 Å². The maximum Gasteiger partial charge on any atom is 0.312 e. The van der Waals surface area contributed by atoms with Gasteiger partial charge in [-0.1, -0.05) is 13.8 Å². The van der Waals surface area contributed by atoms with Gasteiger partial charge >= 0.3 is 5.97 Å². The Morgan fingerprint density at radius 3 is 2.07 bits per heavy atom. The zero-order chi connectivity index (χ0) is 11.2. The number of aliphatic hydroxyl groups is 1. The van der Waals surface area contributed by atoms with Crippen molar-refractivity contribution in [3.05, 3.63) is 0 Å². The number of aliphatic carboxylic acids is 1. The minimum atomic E-state index is -1.05. The van der Waals surface area contributed by atoms with Crippen molar-refractivity contribution in [2.24, 2.45) is 10.8 Å². The second kappa shape index (κ2) is 2.96. The summed E-state index contributed by atoms with van der Waals surface area (Å²) in [6.45, 7) is 7.36. The van der Waals surface area contributed by atoms with E-state index >= 15 is 0 Å². The molecule has 2 N–H and O–H groups in total. The van der Waals surface area contributed by atoms with Gasteiger partial charge in [0.25, 0.3) is 0 Å². The normalized spacial score (nSPS) is 31.8. The quantitative estimate of drug-likeness (QED) is 0.717. The zero-order valence-electron chi connectivity index (χ0n) is 9.42. The van der Waals surface area contributed by atoms with Crippen LogP contribution in [-0.4, -0.2) is 21.8 Å². The van der Waals surface area contributed by atoms with Gasteiger partial charge in [0.2, 0.25) is 0 Å². The fourth-order valence-electron chi connectivity index (χ4n) is 2.25. The lowest BCUT2D eigenvalue weighted by Gasteiger charge is -2.37. The van der Waals surface area contributed by atoms with Crippen LogP contribution in [0.3, 0.4) is 0 Å². The van der Waals surface area contributed by atoms with Crippen molar-refractivity contribution in [3.8, 4) is 0 Å². The van der Waals surface area contributed by atoms with Crippen LogP contribution in [0.1, 0.15) is 47.0 Å². The summed E-state index contributed by atoms with van der Waals surface area (Å²) in [6, 6.07) is 0. The molecule has 0 aromatic heterocycles. The topological polar surface area (TPSA) is 57.5 Å². The number of carbonyl (C=O) groups is 1. The molecule has 0 bridgehead atoms. The Morgan fingerprint density at radius 1 is 1.29 bits per heavy atom. The molecule has 3 nitrogen and oxygen atoms in total. The van der Waals surface area contributed by atoms with E-state index in [1.807, 2.05) is 0 Å². The second-order valence-electron chi connectivity index (χ2n) is 5.80. The Hall–Kier alpha value is -0.570. The van der Waals surface area contributed by atoms with Crippen LogP contribution in [-0.2, 0) is 4.79 Å². The van der Waals surface area contributed by atoms with Crippen molar-refractivity contribution >= 4 is 5.97 Å². The van der Waals surface area contributed by atoms with Gasteiger partial charge in [0, 0.05) is 0 Å². The van der Waals surface area contributed by atoms with Crippen LogP contribution in [0.15, 0.2) is 0 Å². The molecule has 1 fully saturated rings. The fourth-order valence-corrected chi connectivity index (χ4v) is 2.25. The molecular weight excluding hydrogens is 180 g/mol. The van der Waals surface area contributed by atoms with Crippen LogP contribution < -0.4 is 0 Å². The number of carboxylic acids is 1. The van der Waals surface area contributed by atoms with Crippen molar-refractivity contribution in [2.75, 3.05) is 0 Å². The first-order chi connectivity index (χ1) is 6.11. The molecule has 0 aliphatic heterocycles. The van der Waals surface area contributed by atoms with E-state index in [0.29, 0.717) is 12.8 Å². The Morgan fingerprint density at radius 2 is 1.79 bits per heavy atom. The van der Waals surface area contributed by atoms with Crippen molar-refractivity contribution in [3.63, 3.8) is 0 Å². The highest BCUT2D eigenvalue weighted by Gasteiger charge is 2.54. The molecule has 0 saturated heterocycles. The Balaban J connectivity index is 2.93. The van der Waals surface area contributed by atoms with E-state index < -0.39 is 17.0 Å². The number of hydrogen-bond donors (Lipinski definition) is 2. The molecule has 0 aromatic carbocycles. The molecule has 82 valence electrons. The van der Waals surface area contributed by atoms with E-state index in [-0.39, 0.29) is 5.41 Å². The van der Waals surface area contributed by atoms with E-state index in [1.54, 1.807) is 13.8 Å². The van der Waals surface area contributed by atoms with Gasteiger partial charge in [0.05, 0.1) is 11.0 Å². The molecule has 1 aliphatic rings. The maximum absolute atomic E-state index is 11.1. The van der Waals surface area contributed by atoms with Crippen LogP contribution in [0.25, 0.3) is 0 Å². The first-order valence-electron chi connectivity index (χ1n) is 5.07. The summed E-state index contributed by atoms with van der Waals surface area (Å²) >= 11 is 0. The average Bonchev–Trinajstić information content (AvgIpc) is 2.26. The van der Waals surface area contributed by atoms with Crippen LogP contribution >= 0.6 is 0 Å². The lowest BCUT2D eigenvalue weighted by Crippen LogP contribution is -2.48. The summed E-state index contributed by atoms with van der Waals surface area (Å²) in [5.41, 5.74) is -2.05. The first kappa shape index (κ1) is 11.5. The van der Waals surface area contributed by atoms with Crippen LogP contribution in [0, 0.1) is 10.8 Å². The van der Waals surface area contributed by atoms with Gasteiger partial charge < -0.3 is 10.2 Å². The van der Waals surface area contributed by atoms with Crippen molar-refractivity contribution < 1.29 is 15.0 Å². The van der Waals surface area contributed by atoms with Gasteiger partial charge in [-0.2, -0.15) is 0 Å². The van der Waals surface area contributed by atoms with Gasteiger partial charge in [-0.05, 0) is 38.5 Å². The zero-order valence-corrected chi connectivity index (χ0v) is 9.42. The molecule has 1 rings (SSSR count). The summed E-state index contributed by atoms with van der Waals surface area (Å²) in [5, 5.41) is 19.4. The molecule has 1 atom stereocenters. The predicted molar refractivity (Wildman–Crippen MR) is 54.0 cm³/mol. The monoisotopic (exact) mass is 200 g/mol. The van der Waals surface area contributed by atoms with Crippen LogP contribution in [0.5, 0.6) is 0 Å². The third-order valence-electron chi connectivity index (χ3n) is 3.68. The fraction of sp³-hybridized carbons (Fsp3) is 0.909. The largest absolute Gasteiger partial charge is 0.481 e. The van der Waals surface area contributed by atoms with E-state index in [0.717, 1.165) is 6.42 Å². The summed E-state index contributed by atoms with van der Waals surface area (Å²) in [4.78, 5) is 11.1. The van der Waals surface area contributed by atoms with Crippen LogP contribution in [0.2, 0.25) is 0 Å². The van der Waals surface area contributed by atoms with Gasteiger partial charge in [0.15, 0.2) is 0 Å². The number of rotatable bonds is 2. The molecule has 0 radical (unpaired) electrons. The molecule has 0 heterocycles. The first-order valence-corrected chi connectivity index (χ1v) is 5.07. The molecule has 14 heavy (non-hydrogen) atoms. The Kier molecular flexibility index (Phi) is 2.43. The molecule has 0 aromatic rings. The summed E-state index contributed by atoms with van der Waals surface area (Å²) in [7, 11) is 0. The average molecular weight is 200 g/mol. The molecule has 0 amide bonds. The van der Waals surface area contributed by atoms with Gasteiger partial charge in [-0.15, -0.1) is 0 Å². The lowest BCUT2D eigenvalue weighted by molar-refractivity contribution is -0.164. The highest BCUT2D eigenvalue weighted by atomic mass is 16.4. The van der Waals surface area contributed by atoms with E-state index in [2.05, 4.69) is 13.8 Å². The van der Waals surface area contributed by atoms with E-state index in [4.69, 9.17) is 5.11 Å². The highest BCUT2D eigenvalue weighted by molar-refractivity contribution is 5.75. The minimum Gasteiger partial charge on any atom is -0.481 e. The maximum atomic E-state index is 11.1. The minimum absolute atomic E-state index is 0.0570. The molecule has 1 saturated carbocycles. The number of carboxylic acid groups (broad SMARTS) is 1. The standard InChI is InChI=1S/C11H20O3/c1-9(2)5-6-11(14,7-9)10(3,4)8(12)13/h14H,5-7H2,1-4H3,(H,12,13). The van der Waals surface area contributed by atoms with Gasteiger partial charge in [0.1, 0.15) is 0 Å². The summed E-state index contributed by atoms with van der Waals surface area (Å²) in [5.74, 6) is -0.919. The molecule has 3 heteroatoms. The SMILES string of the molecule is CC1(C)CCC(O)(C(C)(C)C(=O)O)C1. The van der Waals surface area contributed by atoms with Gasteiger partial charge in [-0.3, -0.25) is 4.79 Å². The Labute approximate surface area is 85.1 Å². The second-order valence-corrected chi connectivity index (χ2v) is 5.80. The van der Waals surface area contributed by atoms with Crippen LogP contribution in [0.4, 0.5) is 0 Å². The molecule has 0 spiro atoms. The highest BCUT2D eigenvalue weighted by Crippen LogP contribution is 2.51. The molecule has 1 aliphatic carbocycles. The third-order valence-corrected chi connectivity index (χ3v) is 3.68. The summed E-state index contributed by atoms with van der Waals surface area (Å²) in [6.07, 6.45) is 2.04. The number of hydrogen-bond acceptors (Lipinski definition) is 2. The van der Waals surface area contributed by atoms with Crippen molar-refractivity contribution in [1.82, 2.24) is 0 Å². The van der Waals surface area contributed by atoms with E-state index in [9.17, 15) is 9.90 Å². The molecular formula is C11H20O3. The van der Waals surface area contributed by atoms with Crippen molar-refractivity contribution in [2.45, 2.75) is 52.6 Å².